The molecule has 0 aliphatic heterocycles. The summed E-state index contributed by atoms with van der Waals surface area (Å²) < 4.78 is 29.3. The van der Waals surface area contributed by atoms with E-state index in [4.69, 9.17) is 34.8 Å². The number of halogens is 3. The quantitative estimate of drug-likeness (QED) is 0.155. The largest absolute Gasteiger partial charge is 0.352 e. The lowest BCUT2D eigenvalue weighted by Gasteiger charge is -2.34. The summed E-state index contributed by atoms with van der Waals surface area (Å²) in [5.41, 5.74) is 2.68. The van der Waals surface area contributed by atoms with Crippen LogP contribution in [-0.4, -0.2) is 43.8 Å². The number of nitrogens with zero attached hydrogens (tertiary/aromatic N) is 2. The van der Waals surface area contributed by atoms with Crippen molar-refractivity contribution >= 4 is 62.3 Å². The van der Waals surface area contributed by atoms with Gasteiger partial charge in [0.15, 0.2) is 0 Å². The van der Waals surface area contributed by atoms with Gasteiger partial charge in [-0.3, -0.25) is 13.9 Å². The molecule has 242 valence electrons. The molecule has 2 amide bonds. The van der Waals surface area contributed by atoms with E-state index in [2.05, 4.69) is 5.32 Å². The highest BCUT2D eigenvalue weighted by atomic mass is 35.5. The van der Waals surface area contributed by atoms with Crippen LogP contribution in [0, 0.1) is 6.92 Å². The Morgan fingerprint density at radius 3 is 2.09 bits per heavy atom. The Labute approximate surface area is 286 Å². The van der Waals surface area contributed by atoms with Crippen LogP contribution in [0.5, 0.6) is 0 Å². The third-order valence-corrected chi connectivity index (χ3v) is 10.4. The fraction of sp³-hybridized carbons (Fsp3) is 0.257. The van der Waals surface area contributed by atoms with E-state index >= 15 is 0 Å². The third-order valence-electron chi connectivity index (χ3n) is 7.61. The van der Waals surface area contributed by atoms with Crippen LogP contribution in [0.2, 0.25) is 15.1 Å². The molecule has 7 nitrogen and oxygen atoms in total. The first kappa shape index (κ1) is 35.3. The lowest BCUT2D eigenvalue weighted by atomic mass is 10.0. The standard InChI is InChI=1S/C35H36Cl3N3O4S/c1-4-25(3)39-35(43)33(21-26-8-6-5-7-9-26)40(22-27-12-19-31(37)32(38)20-27)34(42)23-41(29-15-10-24(2)11-16-29)46(44,45)30-17-13-28(36)14-18-30/h5-20,25,33H,4,21-23H2,1-3H3,(H,39,43)/t25-,33+/m1/s1. The fourth-order valence-corrected chi connectivity index (χ4v) is 6.66. The summed E-state index contributed by atoms with van der Waals surface area (Å²) in [6, 6.07) is 25.8. The maximum absolute atomic E-state index is 14.5. The van der Waals surface area contributed by atoms with E-state index in [0.29, 0.717) is 32.7 Å². The van der Waals surface area contributed by atoms with Crippen LogP contribution < -0.4 is 9.62 Å². The van der Waals surface area contributed by atoms with E-state index in [1.54, 1.807) is 42.5 Å². The molecule has 0 spiro atoms. The average molecular weight is 701 g/mol. The van der Waals surface area contributed by atoms with E-state index < -0.39 is 28.5 Å². The number of carbonyl (C=O) groups is 2. The highest BCUT2D eigenvalue weighted by Gasteiger charge is 2.35. The van der Waals surface area contributed by atoms with Crippen LogP contribution in [0.3, 0.4) is 0 Å². The van der Waals surface area contributed by atoms with Gasteiger partial charge in [-0.1, -0.05) is 95.8 Å². The van der Waals surface area contributed by atoms with Crippen LogP contribution in [0.1, 0.15) is 37.0 Å². The number of aryl methyl sites for hydroxylation is 1. The molecule has 0 bridgehead atoms. The Morgan fingerprint density at radius 1 is 0.826 bits per heavy atom. The minimum Gasteiger partial charge on any atom is -0.352 e. The monoisotopic (exact) mass is 699 g/mol. The minimum absolute atomic E-state index is 0.0239. The van der Waals surface area contributed by atoms with Gasteiger partial charge in [0.2, 0.25) is 11.8 Å². The van der Waals surface area contributed by atoms with Crippen LogP contribution in [-0.2, 0) is 32.6 Å². The van der Waals surface area contributed by atoms with E-state index in [0.717, 1.165) is 15.4 Å². The Hall–Kier alpha value is -3.56. The zero-order valence-corrected chi connectivity index (χ0v) is 28.9. The second-order valence-electron chi connectivity index (χ2n) is 11.1. The second kappa shape index (κ2) is 15.8. The highest BCUT2D eigenvalue weighted by Crippen LogP contribution is 2.28. The van der Waals surface area contributed by atoms with Crippen LogP contribution >= 0.6 is 34.8 Å². The van der Waals surface area contributed by atoms with Crippen molar-refractivity contribution in [2.24, 2.45) is 0 Å². The van der Waals surface area contributed by atoms with Gasteiger partial charge in [0.1, 0.15) is 12.6 Å². The maximum atomic E-state index is 14.5. The van der Waals surface area contributed by atoms with Gasteiger partial charge in [-0.15, -0.1) is 0 Å². The van der Waals surface area contributed by atoms with E-state index in [1.165, 1.54) is 29.2 Å². The van der Waals surface area contributed by atoms with Crippen molar-refractivity contribution in [1.29, 1.82) is 0 Å². The second-order valence-corrected chi connectivity index (χ2v) is 14.2. The topological polar surface area (TPSA) is 86.8 Å². The first-order valence-corrected chi connectivity index (χ1v) is 17.4. The summed E-state index contributed by atoms with van der Waals surface area (Å²) in [7, 11) is -4.24. The van der Waals surface area contributed by atoms with E-state index in [-0.39, 0.29) is 29.8 Å². The Kier molecular flexibility index (Phi) is 12.1. The molecular weight excluding hydrogens is 665 g/mol. The number of sulfonamides is 1. The molecule has 4 aromatic rings. The van der Waals surface area contributed by atoms with Gasteiger partial charge in [-0.2, -0.15) is 0 Å². The number of nitrogens with one attached hydrogen (secondary N) is 1. The third kappa shape index (κ3) is 9.04. The summed E-state index contributed by atoms with van der Waals surface area (Å²) >= 11 is 18.6. The van der Waals surface area contributed by atoms with Crippen molar-refractivity contribution in [1.82, 2.24) is 10.2 Å². The molecule has 46 heavy (non-hydrogen) atoms. The molecule has 2 atom stereocenters. The molecule has 0 aliphatic rings. The van der Waals surface area contributed by atoms with Crippen molar-refractivity contribution in [3.8, 4) is 0 Å². The molecular formula is C35H36Cl3N3O4S. The first-order valence-electron chi connectivity index (χ1n) is 14.8. The Balaban J connectivity index is 1.82. The van der Waals surface area contributed by atoms with Gasteiger partial charge < -0.3 is 10.2 Å². The Bertz CT molecular complexity index is 1750. The Morgan fingerprint density at radius 2 is 1.48 bits per heavy atom. The predicted octanol–water partition coefficient (Wildman–Crippen LogP) is 7.71. The first-order chi connectivity index (χ1) is 21.9. The smallest absolute Gasteiger partial charge is 0.264 e. The molecule has 11 heteroatoms. The SMILES string of the molecule is CC[C@@H](C)NC(=O)[C@H](Cc1ccccc1)N(Cc1ccc(Cl)c(Cl)c1)C(=O)CN(c1ccc(C)cc1)S(=O)(=O)c1ccc(Cl)cc1. The number of benzene rings is 4. The van der Waals surface area contributed by atoms with Gasteiger partial charge in [0.05, 0.1) is 20.6 Å². The van der Waals surface area contributed by atoms with Crippen molar-refractivity contribution in [2.45, 2.75) is 57.1 Å². The maximum Gasteiger partial charge on any atom is 0.264 e. The zero-order chi connectivity index (χ0) is 33.4. The molecule has 0 fully saturated rings. The minimum atomic E-state index is -4.24. The average Bonchev–Trinajstić information content (AvgIpc) is 3.04. The summed E-state index contributed by atoms with van der Waals surface area (Å²) in [5.74, 6) is -0.932. The molecule has 0 radical (unpaired) electrons. The zero-order valence-electron chi connectivity index (χ0n) is 25.8. The molecule has 0 unspecified atom stereocenters. The van der Waals surface area contributed by atoms with Gasteiger partial charge >= 0.3 is 0 Å². The predicted molar refractivity (Wildman–Crippen MR) is 186 cm³/mol. The fourth-order valence-electron chi connectivity index (χ4n) is 4.80. The normalized spacial score (nSPS) is 12.7. The van der Waals surface area contributed by atoms with Crippen molar-refractivity contribution < 1.29 is 18.0 Å². The van der Waals surface area contributed by atoms with Gasteiger partial charge in [-0.25, -0.2) is 8.42 Å². The molecule has 0 saturated heterocycles. The molecule has 1 N–H and O–H groups in total. The number of carbonyl (C=O) groups excluding carboxylic acids is 2. The highest BCUT2D eigenvalue weighted by molar-refractivity contribution is 7.92. The summed E-state index contributed by atoms with van der Waals surface area (Å²) in [6.45, 7) is 5.13. The lowest BCUT2D eigenvalue weighted by Crippen LogP contribution is -2.54. The summed E-state index contributed by atoms with van der Waals surface area (Å²) in [6.07, 6.45) is 0.885. The lowest BCUT2D eigenvalue weighted by molar-refractivity contribution is -0.140. The summed E-state index contributed by atoms with van der Waals surface area (Å²) in [5, 5.41) is 4.03. The van der Waals surface area contributed by atoms with Gasteiger partial charge in [0.25, 0.3) is 10.0 Å². The van der Waals surface area contributed by atoms with Crippen molar-refractivity contribution in [2.75, 3.05) is 10.8 Å². The number of anilines is 1. The summed E-state index contributed by atoms with van der Waals surface area (Å²) in [4.78, 5) is 29.8. The molecule has 0 aliphatic carbocycles. The van der Waals surface area contributed by atoms with Gasteiger partial charge in [-0.05, 0) is 79.9 Å². The van der Waals surface area contributed by atoms with Crippen LogP contribution in [0.4, 0.5) is 5.69 Å². The molecule has 0 saturated carbocycles. The van der Waals surface area contributed by atoms with E-state index in [1.807, 2.05) is 51.1 Å². The molecule has 4 rings (SSSR count). The van der Waals surface area contributed by atoms with Crippen LogP contribution in [0.25, 0.3) is 0 Å². The molecule has 4 aromatic carbocycles. The number of amides is 2. The number of hydrogen-bond acceptors (Lipinski definition) is 4. The number of rotatable bonds is 13. The van der Waals surface area contributed by atoms with Crippen LogP contribution in [0.15, 0.2) is 102 Å². The molecule has 0 aromatic heterocycles. The van der Waals surface area contributed by atoms with Crippen molar-refractivity contribution in [3.05, 3.63) is 129 Å². The van der Waals surface area contributed by atoms with Gasteiger partial charge in [0, 0.05) is 24.0 Å². The van der Waals surface area contributed by atoms with Crippen molar-refractivity contribution in [3.63, 3.8) is 0 Å². The number of hydrogen-bond donors (Lipinski definition) is 1. The molecule has 0 heterocycles. The van der Waals surface area contributed by atoms with E-state index in [9.17, 15) is 18.0 Å².